The SMILES string of the molecule is O=c1[nH]c2cc(/C=C/c3ccncc3)ccc2c(=O)c2[nH]nnc12. The number of pyridine rings is 1. The molecule has 0 saturated heterocycles. The minimum absolute atomic E-state index is 0.00470. The Morgan fingerprint density at radius 3 is 2.58 bits per heavy atom. The second-order valence-electron chi connectivity index (χ2n) is 5.24. The number of aromatic nitrogens is 5. The number of fused-ring (bicyclic) bond motifs is 2. The van der Waals surface area contributed by atoms with Gasteiger partial charge >= 0.3 is 0 Å². The summed E-state index contributed by atoms with van der Waals surface area (Å²) in [6.07, 6.45) is 7.25. The molecule has 4 aromatic rings. The van der Waals surface area contributed by atoms with E-state index < -0.39 is 5.56 Å². The van der Waals surface area contributed by atoms with E-state index in [1.165, 1.54) is 0 Å². The summed E-state index contributed by atoms with van der Waals surface area (Å²) in [5.74, 6) is 0. The van der Waals surface area contributed by atoms with Crippen LogP contribution in [0.2, 0.25) is 0 Å². The van der Waals surface area contributed by atoms with Crippen LogP contribution in [-0.2, 0) is 0 Å². The summed E-state index contributed by atoms with van der Waals surface area (Å²) in [7, 11) is 0. The van der Waals surface area contributed by atoms with Crippen molar-refractivity contribution in [3.05, 3.63) is 74.4 Å². The monoisotopic (exact) mass is 317 g/mol. The molecule has 0 aliphatic rings. The van der Waals surface area contributed by atoms with Gasteiger partial charge in [0, 0.05) is 17.8 Å². The lowest BCUT2D eigenvalue weighted by atomic mass is 10.1. The van der Waals surface area contributed by atoms with Crippen LogP contribution >= 0.6 is 0 Å². The highest BCUT2D eigenvalue weighted by atomic mass is 16.1. The van der Waals surface area contributed by atoms with Crippen LogP contribution in [0.5, 0.6) is 0 Å². The molecule has 24 heavy (non-hydrogen) atoms. The van der Waals surface area contributed by atoms with E-state index in [1.807, 2.05) is 30.4 Å². The van der Waals surface area contributed by atoms with Gasteiger partial charge in [-0.05, 0) is 35.4 Å². The lowest BCUT2D eigenvalue weighted by Gasteiger charge is -1.96. The van der Waals surface area contributed by atoms with Gasteiger partial charge in [0.15, 0.2) is 5.52 Å². The smallest absolute Gasteiger partial charge is 0.278 e. The Bertz CT molecular complexity index is 1190. The number of nitrogens with one attached hydrogen (secondary N) is 2. The highest BCUT2D eigenvalue weighted by Gasteiger charge is 2.09. The van der Waals surface area contributed by atoms with Crippen molar-refractivity contribution in [1.29, 1.82) is 0 Å². The Morgan fingerprint density at radius 2 is 1.75 bits per heavy atom. The minimum Gasteiger partial charge on any atom is -0.320 e. The lowest BCUT2D eigenvalue weighted by Crippen LogP contribution is -2.02. The largest absolute Gasteiger partial charge is 0.320 e. The highest BCUT2D eigenvalue weighted by Crippen LogP contribution is 2.13. The minimum atomic E-state index is -0.457. The molecule has 2 N–H and O–H groups in total. The second-order valence-corrected chi connectivity index (χ2v) is 5.24. The van der Waals surface area contributed by atoms with Gasteiger partial charge in [0.2, 0.25) is 5.43 Å². The zero-order chi connectivity index (χ0) is 16.5. The molecule has 0 unspecified atom stereocenters. The molecule has 3 aromatic heterocycles. The lowest BCUT2D eigenvalue weighted by molar-refractivity contribution is 0.955. The van der Waals surface area contributed by atoms with Crippen molar-refractivity contribution < 1.29 is 0 Å². The first-order valence-electron chi connectivity index (χ1n) is 7.21. The molecule has 0 atom stereocenters. The van der Waals surface area contributed by atoms with Crippen molar-refractivity contribution >= 4 is 34.1 Å². The van der Waals surface area contributed by atoms with Gasteiger partial charge in [-0.15, -0.1) is 5.10 Å². The van der Waals surface area contributed by atoms with Crippen LogP contribution in [0.3, 0.4) is 0 Å². The van der Waals surface area contributed by atoms with Gasteiger partial charge in [-0.1, -0.05) is 23.4 Å². The van der Waals surface area contributed by atoms with Crippen LogP contribution in [0.1, 0.15) is 11.1 Å². The summed E-state index contributed by atoms with van der Waals surface area (Å²) in [6.45, 7) is 0. The number of rotatable bonds is 2. The third-order valence-electron chi connectivity index (χ3n) is 3.70. The first kappa shape index (κ1) is 14.0. The normalized spacial score (nSPS) is 11.5. The molecule has 3 heterocycles. The second kappa shape index (κ2) is 5.54. The molecule has 0 radical (unpaired) electrons. The number of aromatic amines is 2. The van der Waals surface area contributed by atoms with Gasteiger partial charge < -0.3 is 4.98 Å². The summed E-state index contributed by atoms with van der Waals surface area (Å²) >= 11 is 0. The van der Waals surface area contributed by atoms with Crippen molar-refractivity contribution in [2.75, 3.05) is 0 Å². The maximum atomic E-state index is 12.5. The summed E-state index contributed by atoms with van der Waals surface area (Å²) in [6, 6.07) is 9.02. The Kier molecular flexibility index (Phi) is 3.24. The quantitative estimate of drug-likeness (QED) is 0.586. The molecule has 116 valence electrons. The predicted molar refractivity (Wildman–Crippen MR) is 91.5 cm³/mol. The van der Waals surface area contributed by atoms with Crippen LogP contribution in [0, 0.1) is 0 Å². The number of benzene rings is 1. The molecule has 4 rings (SSSR count). The van der Waals surface area contributed by atoms with E-state index in [2.05, 4.69) is 25.4 Å². The van der Waals surface area contributed by atoms with Crippen LogP contribution in [-0.4, -0.2) is 25.4 Å². The summed E-state index contributed by atoms with van der Waals surface area (Å²) in [4.78, 5) is 31.3. The van der Waals surface area contributed by atoms with Gasteiger partial charge in [-0.25, -0.2) is 0 Å². The fourth-order valence-corrected chi connectivity index (χ4v) is 2.50. The Labute approximate surface area is 134 Å². The standard InChI is InChI=1S/C17H11N5O2/c23-16-12-4-3-11(2-1-10-5-7-18-8-6-10)9-13(12)19-17(24)15-14(16)20-22-21-15/h1-9H,(H,19,24)(H,20,21,22)/b2-1+. The van der Waals surface area contributed by atoms with E-state index in [9.17, 15) is 9.59 Å². The van der Waals surface area contributed by atoms with Crippen LogP contribution in [0.4, 0.5) is 0 Å². The number of nitrogens with zero attached hydrogens (tertiary/aromatic N) is 3. The van der Waals surface area contributed by atoms with Crippen molar-refractivity contribution in [3.8, 4) is 0 Å². The van der Waals surface area contributed by atoms with E-state index in [-0.39, 0.29) is 16.5 Å². The van der Waals surface area contributed by atoms with E-state index in [0.29, 0.717) is 10.9 Å². The highest BCUT2D eigenvalue weighted by molar-refractivity contribution is 5.88. The average Bonchev–Trinajstić information content (AvgIpc) is 3.07. The Balaban J connectivity index is 1.90. The van der Waals surface area contributed by atoms with Gasteiger partial charge in [0.05, 0.1) is 5.52 Å². The summed E-state index contributed by atoms with van der Waals surface area (Å²) < 4.78 is 0. The number of hydrogen-bond acceptors (Lipinski definition) is 5. The number of H-pyrrole nitrogens is 2. The van der Waals surface area contributed by atoms with Crippen molar-refractivity contribution in [3.63, 3.8) is 0 Å². The van der Waals surface area contributed by atoms with Crippen LogP contribution < -0.4 is 11.0 Å². The van der Waals surface area contributed by atoms with E-state index >= 15 is 0 Å². The van der Waals surface area contributed by atoms with Crippen molar-refractivity contribution in [2.45, 2.75) is 0 Å². The van der Waals surface area contributed by atoms with E-state index in [0.717, 1.165) is 11.1 Å². The predicted octanol–water partition coefficient (Wildman–Crippen LogP) is 1.72. The maximum absolute atomic E-state index is 12.5. The van der Waals surface area contributed by atoms with Crippen molar-refractivity contribution in [1.82, 2.24) is 25.4 Å². The molecular formula is C17H11N5O2. The average molecular weight is 317 g/mol. The van der Waals surface area contributed by atoms with Gasteiger partial charge in [0.25, 0.3) is 5.56 Å². The third kappa shape index (κ3) is 2.38. The first-order valence-corrected chi connectivity index (χ1v) is 7.21. The summed E-state index contributed by atoms with van der Waals surface area (Å²) in [5.41, 5.74) is 1.65. The fraction of sp³-hybridized carbons (Fsp3) is 0. The fourth-order valence-electron chi connectivity index (χ4n) is 2.50. The Morgan fingerprint density at radius 1 is 0.958 bits per heavy atom. The van der Waals surface area contributed by atoms with E-state index in [4.69, 9.17) is 0 Å². The topological polar surface area (TPSA) is 104 Å². The maximum Gasteiger partial charge on any atom is 0.278 e. The zero-order valence-electron chi connectivity index (χ0n) is 12.4. The van der Waals surface area contributed by atoms with Gasteiger partial charge in [-0.3, -0.25) is 19.7 Å². The molecule has 0 bridgehead atoms. The third-order valence-corrected chi connectivity index (χ3v) is 3.70. The molecule has 0 spiro atoms. The molecular weight excluding hydrogens is 306 g/mol. The van der Waals surface area contributed by atoms with Gasteiger partial charge in [0.1, 0.15) is 5.52 Å². The molecule has 1 aromatic carbocycles. The molecule has 0 aliphatic heterocycles. The zero-order valence-corrected chi connectivity index (χ0v) is 12.4. The van der Waals surface area contributed by atoms with Crippen LogP contribution in [0.25, 0.3) is 34.1 Å². The molecule has 0 saturated carbocycles. The summed E-state index contributed by atoms with van der Waals surface area (Å²) in [5, 5.41) is 10.1. The van der Waals surface area contributed by atoms with Crippen LogP contribution in [0.15, 0.2) is 52.3 Å². The molecule has 0 aliphatic carbocycles. The number of hydrogen-bond donors (Lipinski definition) is 2. The Hall–Kier alpha value is -3.61. The van der Waals surface area contributed by atoms with Crippen molar-refractivity contribution in [2.24, 2.45) is 0 Å². The molecule has 7 nitrogen and oxygen atoms in total. The molecule has 0 fully saturated rings. The van der Waals surface area contributed by atoms with E-state index in [1.54, 1.807) is 24.5 Å². The first-order chi connectivity index (χ1) is 11.7. The molecule has 7 heteroatoms. The molecule has 0 amide bonds. The van der Waals surface area contributed by atoms with Gasteiger partial charge in [-0.2, -0.15) is 0 Å².